The van der Waals surface area contributed by atoms with E-state index in [1.165, 1.54) is 25.9 Å². The molecule has 0 atom stereocenters. The molecule has 1 heterocycles. The van der Waals surface area contributed by atoms with Gasteiger partial charge in [-0.3, -0.25) is 0 Å². The molecular weight excluding hydrogens is 234 g/mol. The van der Waals surface area contributed by atoms with Gasteiger partial charge in [0.05, 0.1) is 0 Å². The molecular formula is C17H21NO. The Kier molecular flexibility index (Phi) is 3.69. The summed E-state index contributed by atoms with van der Waals surface area (Å²) in [5.41, 5.74) is 1.08. The molecule has 0 bridgehead atoms. The molecule has 0 aromatic heterocycles. The van der Waals surface area contributed by atoms with E-state index < -0.39 is 0 Å². The standard InChI is InChI=1S/C17H21NO/c19-17-15(7-5-13-18-11-3-4-12-18)10-9-14-6-1-2-8-16(14)17/h1-2,6,8-10,19H,3-5,7,11-13H2. The number of hydrogen-bond acceptors (Lipinski definition) is 2. The van der Waals surface area contributed by atoms with Crippen LogP contribution >= 0.6 is 0 Å². The van der Waals surface area contributed by atoms with Gasteiger partial charge in [0.1, 0.15) is 5.75 Å². The zero-order valence-corrected chi connectivity index (χ0v) is 11.3. The Bertz CT molecular complexity index is 558. The number of rotatable bonds is 4. The Morgan fingerprint density at radius 2 is 1.79 bits per heavy atom. The van der Waals surface area contributed by atoms with Crippen LogP contribution in [0.15, 0.2) is 36.4 Å². The molecule has 0 unspecified atom stereocenters. The summed E-state index contributed by atoms with van der Waals surface area (Å²) in [6, 6.07) is 12.2. The minimum absolute atomic E-state index is 0.472. The number of nitrogens with zero attached hydrogens (tertiary/aromatic N) is 1. The highest BCUT2D eigenvalue weighted by molar-refractivity contribution is 5.89. The lowest BCUT2D eigenvalue weighted by molar-refractivity contribution is 0.333. The van der Waals surface area contributed by atoms with Gasteiger partial charge in [0.15, 0.2) is 0 Å². The SMILES string of the molecule is Oc1c(CCCN2CCCC2)ccc2ccccc12. The van der Waals surface area contributed by atoms with Crippen LogP contribution in [0.25, 0.3) is 10.8 Å². The Morgan fingerprint density at radius 1 is 1.00 bits per heavy atom. The highest BCUT2D eigenvalue weighted by atomic mass is 16.3. The molecule has 2 nitrogen and oxygen atoms in total. The van der Waals surface area contributed by atoms with Crippen LogP contribution in [0.5, 0.6) is 5.75 Å². The van der Waals surface area contributed by atoms with E-state index in [2.05, 4.69) is 17.0 Å². The van der Waals surface area contributed by atoms with E-state index in [9.17, 15) is 5.11 Å². The topological polar surface area (TPSA) is 23.5 Å². The van der Waals surface area contributed by atoms with Gasteiger partial charge in [0.2, 0.25) is 0 Å². The Morgan fingerprint density at radius 3 is 2.63 bits per heavy atom. The van der Waals surface area contributed by atoms with Crippen molar-refractivity contribution in [3.63, 3.8) is 0 Å². The predicted molar refractivity (Wildman–Crippen MR) is 79.6 cm³/mol. The second kappa shape index (κ2) is 5.62. The van der Waals surface area contributed by atoms with E-state index in [-0.39, 0.29) is 0 Å². The lowest BCUT2D eigenvalue weighted by Gasteiger charge is -2.14. The van der Waals surface area contributed by atoms with E-state index in [1.54, 1.807) is 0 Å². The second-order valence-corrected chi connectivity index (χ2v) is 5.45. The first kappa shape index (κ1) is 12.5. The Balaban J connectivity index is 1.68. The van der Waals surface area contributed by atoms with Gasteiger partial charge < -0.3 is 10.0 Å². The zero-order chi connectivity index (χ0) is 13.1. The molecule has 1 fully saturated rings. The second-order valence-electron chi connectivity index (χ2n) is 5.45. The Hall–Kier alpha value is -1.54. The molecule has 1 aliphatic rings. The number of benzene rings is 2. The maximum Gasteiger partial charge on any atom is 0.126 e. The van der Waals surface area contributed by atoms with Crippen molar-refractivity contribution >= 4 is 10.8 Å². The first-order valence-corrected chi connectivity index (χ1v) is 7.26. The van der Waals surface area contributed by atoms with Crippen LogP contribution in [0.4, 0.5) is 0 Å². The van der Waals surface area contributed by atoms with Crippen LogP contribution in [0.2, 0.25) is 0 Å². The zero-order valence-electron chi connectivity index (χ0n) is 11.3. The van der Waals surface area contributed by atoms with Crippen LogP contribution in [-0.4, -0.2) is 29.6 Å². The van der Waals surface area contributed by atoms with E-state index in [1.807, 2.05) is 24.3 Å². The van der Waals surface area contributed by atoms with E-state index in [0.29, 0.717) is 5.75 Å². The van der Waals surface area contributed by atoms with Gasteiger partial charge in [-0.1, -0.05) is 36.4 Å². The summed E-state index contributed by atoms with van der Waals surface area (Å²) in [5.74, 6) is 0.472. The minimum Gasteiger partial charge on any atom is -0.507 e. The van der Waals surface area contributed by atoms with Crippen molar-refractivity contribution in [2.24, 2.45) is 0 Å². The summed E-state index contributed by atoms with van der Waals surface area (Å²) in [7, 11) is 0. The highest BCUT2D eigenvalue weighted by Crippen LogP contribution is 2.29. The van der Waals surface area contributed by atoms with Crippen LogP contribution < -0.4 is 0 Å². The fourth-order valence-corrected chi connectivity index (χ4v) is 3.00. The third kappa shape index (κ3) is 2.74. The smallest absolute Gasteiger partial charge is 0.126 e. The first-order chi connectivity index (χ1) is 9.34. The monoisotopic (exact) mass is 255 g/mol. The summed E-state index contributed by atoms with van der Waals surface area (Å²) in [4.78, 5) is 2.53. The molecule has 3 rings (SSSR count). The molecule has 1 saturated heterocycles. The van der Waals surface area contributed by atoms with Gasteiger partial charge in [-0.25, -0.2) is 0 Å². The molecule has 0 aliphatic carbocycles. The van der Waals surface area contributed by atoms with E-state index >= 15 is 0 Å². The summed E-state index contributed by atoms with van der Waals surface area (Å²) in [6.45, 7) is 3.67. The number of phenolic OH excluding ortho intramolecular Hbond substituents is 1. The molecule has 2 aromatic carbocycles. The third-order valence-electron chi connectivity index (χ3n) is 4.10. The summed E-state index contributed by atoms with van der Waals surface area (Å²) < 4.78 is 0. The number of likely N-dealkylation sites (tertiary alicyclic amines) is 1. The maximum absolute atomic E-state index is 10.3. The molecule has 2 aromatic rings. The normalized spacial score (nSPS) is 16.2. The van der Waals surface area contributed by atoms with Crippen molar-refractivity contribution in [3.05, 3.63) is 42.0 Å². The number of phenols is 1. The fourth-order valence-electron chi connectivity index (χ4n) is 3.00. The molecule has 1 N–H and O–H groups in total. The molecule has 0 amide bonds. The molecule has 19 heavy (non-hydrogen) atoms. The number of aryl methyl sites for hydroxylation is 1. The molecule has 0 saturated carbocycles. The quantitative estimate of drug-likeness (QED) is 0.902. The molecule has 2 heteroatoms. The molecule has 1 aliphatic heterocycles. The molecule has 100 valence electrons. The first-order valence-electron chi connectivity index (χ1n) is 7.26. The lowest BCUT2D eigenvalue weighted by atomic mass is 10.0. The average Bonchev–Trinajstić information content (AvgIpc) is 2.95. The van der Waals surface area contributed by atoms with Gasteiger partial charge in [-0.15, -0.1) is 0 Å². The maximum atomic E-state index is 10.3. The van der Waals surface area contributed by atoms with Crippen LogP contribution in [0.1, 0.15) is 24.8 Å². The minimum atomic E-state index is 0.472. The van der Waals surface area contributed by atoms with Gasteiger partial charge >= 0.3 is 0 Å². The van der Waals surface area contributed by atoms with Gasteiger partial charge in [0.25, 0.3) is 0 Å². The van der Waals surface area contributed by atoms with Crippen molar-refractivity contribution in [1.29, 1.82) is 0 Å². The van der Waals surface area contributed by atoms with Crippen molar-refractivity contribution in [2.45, 2.75) is 25.7 Å². The fraction of sp³-hybridized carbons (Fsp3) is 0.412. The van der Waals surface area contributed by atoms with Gasteiger partial charge in [-0.05, 0) is 56.3 Å². The van der Waals surface area contributed by atoms with Crippen molar-refractivity contribution in [2.75, 3.05) is 19.6 Å². The van der Waals surface area contributed by atoms with Crippen molar-refractivity contribution in [1.82, 2.24) is 4.90 Å². The number of hydrogen-bond donors (Lipinski definition) is 1. The van der Waals surface area contributed by atoms with Crippen LogP contribution in [0.3, 0.4) is 0 Å². The average molecular weight is 255 g/mol. The summed E-state index contributed by atoms with van der Waals surface area (Å²) in [6.07, 6.45) is 4.79. The van der Waals surface area contributed by atoms with E-state index in [4.69, 9.17) is 0 Å². The lowest BCUT2D eigenvalue weighted by Crippen LogP contribution is -2.20. The van der Waals surface area contributed by atoms with Crippen molar-refractivity contribution in [3.8, 4) is 5.75 Å². The van der Waals surface area contributed by atoms with Crippen LogP contribution in [-0.2, 0) is 6.42 Å². The van der Waals surface area contributed by atoms with E-state index in [0.717, 1.165) is 35.7 Å². The van der Waals surface area contributed by atoms with Crippen LogP contribution in [0, 0.1) is 0 Å². The Labute approximate surface area is 114 Å². The summed E-state index contributed by atoms with van der Waals surface area (Å²) >= 11 is 0. The molecule has 0 radical (unpaired) electrons. The molecule has 0 spiro atoms. The third-order valence-corrected chi connectivity index (χ3v) is 4.10. The van der Waals surface area contributed by atoms with Gasteiger partial charge in [0, 0.05) is 5.39 Å². The highest BCUT2D eigenvalue weighted by Gasteiger charge is 2.11. The van der Waals surface area contributed by atoms with Gasteiger partial charge in [-0.2, -0.15) is 0 Å². The van der Waals surface area contributed by atoms with Crippen molar-refractivity contribution < 1.29 is 5.11 Å². The number of aromatic hydroxyl groups is 1. The summed E-state index contributed by atoms with van der Waals surface area (Å²) in [5, 5.41) is 12.4. The number of fused-ring (bicyclic) bond motifs is 1. The predicted octanol–water partition coefficient (Wildman–Crippen LogP) is 3.57. The largest absolute Gasteiger partial charge is 0.507 e.